The molecule has 1 fully saturated rings. The molecule has 0 amide bonds. The van der Waals surface area contributed by atoms with Crippen molar-refractivity contribution in [3.05, 3.63) is 60.2 Å². The number of aryl methyl sites for hydroxylation is 1. The molecule has 4 rings (SSSR count). The first kappa shape index (κ1) is 23.7. The highest BCUT2D eigenvalue weighted by Gasteiger charge is 2.18. The fraction of sp³-hybridized carbons (Fsp3) is 0.375. The van der Waals surface area contributed by atoms with Crippen molar-refractivity contribution in [1.29, 1.82) is 0 Å². The van der Waals surface area contributed by atoms with E-state index in [1.165, 1.54) is 11.9 Å². The van der Waals surface area contributed by atoms with Gasteiger partial charge in [0.05, 0.1) is 6.54 Å². The highest BCUT2D eigenvalue weighted by molar-refractivity contribution is 5.69. The SMILES string of the molecule is NCCCc1cncc(-c2ncnc(Nc3cccc(CN4CCN(CC(=O)O)CC4)c3)n2)c1. The lowest BCUT2D eigenvalue weighted by atomic mass is 10.1. The lowest BCUT2D eigenvalue weighted by Gasteiger charge is -2.33. The van der Waals surface area contributed by atoms with Crippen LogP contribution in [0.15, 0.2) is 49.1 Å². The number of nitrogens with two attached hydrogens (primary N) is 1. The monoisotopic (exact) mass is 462 g/mol. The number of benzene rings is 1. The van der Waals surface area contributed by atoms with Crippen LogP contribution in [-0.2, 0) is 17.8 Å². The molecule has 34 heavy (non-hydrogen) atoms. The van der Waals surface area contributed by atoms with Crippen LogP contribution >= 0.6 is 0 Å². The summed E-state index contributed by atoms with van der Waals surface area (Å²) in [5, 5.41) is 12.2. The van der Waals surface area contributed by atoms with Gasteiger partial charge < -0.3 is 16.2 Å². The van der Waals surface area contributed by atoms with E-state index in [9.17, 15) is 4.79 Å². The van der Waals surface area contributed by atoms with E-state index >= 15 is 0 Å². The summed E-state index contributed by atoms with van der Waals surface area (Å²) in [6.07, 6.45) is 6.87. The summed E-state index contributed by atoms with van der Waals surface area (Å²) >= 11 is 0. The minimum atomic E-state index is -0.774. The van der Waals surface area contributed by atoms with E-state index in [4.69, 9.17) is 10.8 Å². The van der Waals surface area contributed by atoms with Crippen LogP contribution in [0.3, 0.4) is 0 Å². The van der Waals surface area contributed by atoms with Gasteiger partial charge in [-0.25, -0.2) is 9.97 Å². The largest absolute Gasteiger partial charge is 0.480 e. The van der Waals surface area contributed by atoms with Gasteiger partial charge >= 0.3 is 5.97 Å². The van der Waals surface area contributed by atoms with Crippen LogP contribution in [0.25, 0.3) is 11.4 Å². The molecule has 0 unspecified atom stereocenters. The minimum Gasteiger partial charge on any atom is -0.480 e. The molecule has 178 valence electrons. The quantitative estimate of drug-likeness (QED) is 0.409. The fourth-order valence-corrected chi connectivity index (χ4v) is 3.98. The molecule has 1 aliphatic heterocycles. The van der Waals surface area contributed by atoms with Gasteiger partial charge in [0.2, 0.25) is 5.95 Å². The zero-order valence-corrected chi connectivity index (χ0v) is 19.1. The third-order valence-electron chi connectivity index (χ3n) is 5.71. The molecule has 10 nitrogen and oxygen atoms in total. The molecule has 3 heterocycles. The zero-order chi connectivity index (χ0) is 23.8. The molecule has 2 aromatic heterocycles. The number of carboxylic acids is 1. The Labute approximate surface area is 198 Å². The number of carboxylic acid groups (broad SMARTS) is 1. The number of rotatable bonds is 10. The summed E-state index contributed by atoms with van der Waals surface area (Å²) < 4.78 is 0. The molecular formula is C24H30N8O2. The van der Waals surface area contributed by atoms with Gasteiger partial charge in [-0.2, -0.15) is 4.98 Å². The minimum absolute atomic E-state index is 0.106. The van der Waals surface area contributed by atoms with Crippen LogP contribution < -0.4 is 11.1 Å². The Hall–Kier alpha value is -3.47. The Morgan fingerprint density at radius 1 is 1.06 bits per heavy atom. The van der Waals surface area contributed by atoms with Crippen molar-refractivity contribution in [3.8, 4) is 11.4 Å². The third kappa shape index (κ3) is 6.77. The molecule has 3 aromatic rings. The number of hydrogen-bond donors (Lipinski definition) is 3. The Kier molecular flexibility index (Phi) is 8.08. The van der Waals surface area contributed by atoms with Crippen LogP contribution in [-0.4, -0.2) is 80.1 Å². The second kappa shape index (κ2) is 11.6. The van der Waals surface area contributed by atoms with E-state index in [2.05, 4.69) is 42.3 Å². The molecule has 0 spiro atoms. The Morgan fingerprint density at radius 2 is 1.88 bits per heavy atom. The second-order valence-corrected chi connectivity index (χ2v) is 8.38. The number of nitrogens with one attached hydrogen (secondary N) is 1. The van der Waals surface area contributed by atoms with Gasteiger partial charge in [-0.3, -0.25) is 19.6 Å². The van der Waals surface area contributed by atoms with Gasteiger partial charge in [0.25, 0.3) is 0 Å². The Morgan fingerprint density at radius 3 is 2.68 bits per heavy atom. The molecule has 0 atom stereocenters. The summed E-state index contributed by atoms with van der Waals surface area (Å²) in [6, 6.07) is 10.2. The van der Waals surface area contributed by atoms with Gasteiger partial charge in [-0.05, 0) is 48.7 Å². The van der Waals surface area contributed by atoms with Crippen molar-refractivity contribution >= 4 is 17.6 Å². The number of piperazine rings is 1. The number of aliphatic carboxylic acids is 1. The molecular weight excluding hydrogens is 432 g/mol. The average Bonchev–Trinajstić information content (AvgIpc) is 2.84. The normalized spacial score (nSPS) is 14.7. The first-order valence-electron chi connectivity index (χ1n) is 11.4. The van der Waals surface area contributed by atoms with E-state index in [1.807, 2.05) is 29.3 Å². The highest BCUT2D eigenvalue weighted by atomic mass is 16.4. The number of aromatic nitrogens is 4. The van der Waals surface area contributed by atoms with E-state index in [0.29, 0.717) is 18.3 Å². The summed E-state index contributed by atoms with van der Waals surface area (Å²) in [7, 11) is 0. The zero-order valence-electron chi connectivity index (χ0n) is 19.1. The maximum Gasteiger partial charge on any atom is 0.317 e. The van der Waals surface area contributed by atoms with Crippen LogP contribution in [0.4, 0.5) is 11.6 Å². The van der Waals surface area contributed by atoms with Gasteiger partial charge in [0.15, 0.2) is 5.82 Å². The standard InChI is InChI=1S/C24H30N8O2/c25-6-2-4-18-11-20(14-26-13-18)23-27-17-28-24(30-23)29-21-5-1-3-19(12-21)15-31-7-9-32(10-8-31)16-22(33)34/h1,3,5,11-14,17H,2,4,6-10,15-16,25H2,(H,33,34)(H,27,28,29,30). The predicted molar refractivity (Wildman–Crippen MR) is 130 cm³/mol. The van der Waals surface area contributed by atoms with Gasteiger partial charge in [-0.1, -0.05) is 12.1 Å². The Balaban J connectivity index is 1.38. The van der Waals surface area contributed by atoms with E-state index < -0.39 is 5.97 Å². The Bertz CT molecular complexity index is 1100. The number of pyridine rings is 1. The van der Waals surface area contributed by atoms with Crippen molar-refractivity contribution in [1.82, 2.24) is 29.7 Å². The van der Waals surface area contributed by atoms with Crippen LogP contribution in [0.2, 0.25) is 0 Å². The van der Waals surface area contributed by atoms with Gasteiger partial charge in [-0.15, -0.1) is 0 Å². The van der Waals surface area contributed by atoms with Crippen molar-refractivity contribution < 1.29 is 9.90 Å². The topological polar surface area (TPSA) is 133 Å². The van der Waals surface area contributed by atoms with Crippen molar-refractivity contribution in [2.45, 2.75) is 19.4 Å². The van der Waals surface area contributed by atoms with Gasteiger partial charge in [0.1, 0.15) is 6.33 Å². The number of nitrogens with zero attached hydrogens (tertiary/aromatic N) is 6. The van der Waals surface area contributed by atoms with E-state index in [0.717, 1.165) is 62.4 Å². The number of anilines is 2. The highest BCUT2D eigenvalue weighted by Crippen LogP contribution is 2.20. The van der Waals surface area contributed by atoms with Crippen LogP contribution in [0, 0.1) is 0 Å². The number of carbonyl (C=O) groups is 1. The van der Waals surface area contributed by atoms with E-state index in [1.54, 1.807) is 6.20 Å². The van der Waals surface area contributed by atoms with Crippen molar-refractivity contribution in [2.24, 2.45) is 5.73 Å². The lowest BCUT2D eigenvalue weighted by molar-refractivity contribution is -0.138. The molecule has 0 aliphatic carbocycles. The summed E-state index contributed by atoms with van der Waals surface area (Å²) in [5.74, 6) is 0.260. The van der Waals surface area contributed by atoms with Crippen molar-refractivity contribution in [2.75, 3.05) is 44.6 Å². The average molecular weight is 463 g/mol. The van der Waals surface area contributed by atoms with Crippen LogP contribution in [0.5, 0.6) is 0 Å². The maximum absolute atomic E-state index is 10.9. The van der Waals surface area contributed by atoms with Crippen LogP contribution in [0.1, 0.15) is 17.5 Å². The second-order valence-electron chi connectivity index (χ2n) is 8.38. The fourth-order valence-electron chi connectivity index (χ4n) is 3.98. The molecule has 0 saturated carbocycles. The predicted octanol–water partition coefficient (Wildman–Crippen LogP) is 1.77. The summed E-state index contributed by atoms with van der Waals surface area (Å²) in [4.78, 5) is 32.7. The maximum atomic E-state index is 10.9. The lowest BCUT2D eigenvalue weighted by Crippen LogP contribution is -2.47. The smallest absolute Gasteiger partial charge is 0.317 e. The number of hydrogen-bond acceptors (Lipinski definition) is 9. The third-order valence-corrected chi connectivity index (χ3v) is 5.71. The first-order valence-corrected chi connectivity index (χ1v) is 11.4. The van der Waals surface area contributed by atoms with E-state index in [-0.39, 0.29) is 6.54 Å². The molecule has 1 saturated heterocycles. The molecule has 4 N–H and O–H groups in total. The van der Waals surface area contributed by atoms with Crippen molar-refractivity contribution in [3.63, 3.8) is 0 Å². The first-order chi connectivity index (χ1) is 16.6. The molecule has 10 heteroatoms. The molecule has 0 bridgehead atoms. The summed E-state index contributed by atoms with van der Waals surface area (Å²) in [5.41, 5.74) is 9.63. The molecule has 0 radical (unpaired) electrons. The molecule has 1 aromatic carbocycles. The van der Waals surface area contributed by atoms with Gasteiger partial charge in [0, 0.05) is 56.4 Å². The summed E-state index contributed by atoms with van der Waals surface area (Å²) in [6.45, 7) is 4.78. The molecule has 1 aliphatic rings.